The van der Waals surface area contributed by atoms with E-state index in [1.54, 1.807) is 0 Å². The van der Waals surface area contributed by atoms with E-state index >= 15 is 0 Å². The molecule has 2 aliphatic rings. The lowest BCUT2D eigenvalue weighted by molar-refractivity contribution is -0.201. The van der Waals surface area contributed by atoms with Crippen LogP contribution < -0.4 is 10.8 Å². The molecule has 2 atom stereocenters. The number of carbonyl (C=O) groups is 1. The Balaban J connectivity index is 0.00000112. The van der Waals surface area contributed by atoms with Crippen molar-refractivity contribution in [2.75, 3.05) is 13.2 Å². The molecular formula is C9H17ClN2O3. The highest BCUT2D eigenvalue weighted by Crippen LogP contribution is 2.12. The number of hydrogen-bond donors (Lipinski definition) is 2. The van der Waals surface area contributed by atoms with E-state index in [1.165, 1.54) is 0 Å². The summed E-state index contributed by atoms with van der Waals surface area (Å²) in [6.45, 7) is 1.64. The Morgan fingerprint density at radius 1 is 1.40 bits per heavy atom. The summed E-state index contributed by atoms with van der Waals surface area (Å²) in [6.07, 6.45) is 3.67. The Kier molecular flexibility index (Phi) is 5.31. The van der Waals surface area contributed by atoms with Crippen LogP contribution in [0.25, 0.3) is 0 Å². The Morgan fingerprint density at radius 3 is 2.73 bits per heavy atom. The van der Waals surface area contributed by atoms with E-state index in [0.29, 0.717) is 0 Å². The quantitative estimate of drug-likeness (QED) is 0.694. The van der Waals surface area contributed by atoms with Gasteiger partial charge in [0.25, 0.3) is 5.91 Å². The molecule has 2 saturated heterocycles. The van der Waals surface area contributed by atoms with Crippen LogP contribution in [0.5, 0.6) is 0 Å². The summed E-state index contributed by atoms with van der Waals surface area (Å²) in [4.78, 5) is 16.5. The first kappa shape index (κ1) is 12.7. The van der Waals surface area contributed by atoms with Crippen molar-refractivity contribution in [2.45, 2.75) is 38.0 Å². The number of amides is 1. The van der Waals surface area contributed by atoms with Crippen LogP contribution in [0.2, 0.25) is 0 Å². The van der Waals surface area contributed by atoms with Gasteiger partial charge >= 0.3 is 0 Å². The molecule has 2 heterocycles. The number of hydrogen-bond acceptors (Lipinski definition) is 4. The molecular weight excluding hydrogens is 220 g/mol. The third-order valence-corrected chi connectivity index (χ3v) is 2.57. The van der Waals surface area contributed by atoms with Crippen LogP contribution in [-0.4, -0.2) is 31.4 Å². The summed E-state index contributed by atoms with van der Waals surface area (Å²) >= 11 is 0. The smallest absolute Gasteiger partial charge is 0.260 e. The fourth-order valence-electron chi connectivity index (χ4n) is 1.51. The highest BCUT2D eigenvalue weighted by atomic mass is 35.5. The number of carbonyl (C=O) groups excluding carboxylic acids is 1. The molecule has 0 aromatic rings. The first-order chi connectivity index (χ1) is 6.86. The van der Waals surface area contributed by atoms with Crippen LogP contribution in [0.1, 0.15) is 25.7 Å². The molecule has 2 rings (SSSR count). The fraction of sp³-hybridized carbons (Fsp3) is 0.889. The van der Waals surface area contributed by atoms with Gasteiger partial charge in [0.05, 0.1) is 6.04 Å². The average Bonchev–Trinajstić information content (AvgIpc) is 2.14. The highest BCUT2D eigenvalue weighted by molar-refractivity contribution is 5.85. The van der Waals surface area contributed by atoms with Gasteiger partial charge in [0.1, 0.15) is 0 Å². The van der Waals surface area contributed by atoms with E-state index in [4.69, 9.17) is 9.57 Å². The Labute approximate surface area is 95.2 Å². The van der Waals surface area contributed by atoms with Gasteiger partial charge in [-0.05, 0) is 25.8 Å². The van der Waals surface area contributed by atoms with Crippen molar-refractivity contribution in [1.82, 2.24) is 10.8 Å². The minimum absolute atomic E-state index is 0. The molecule has 0 radical (unpaired) electrons. The molecule has 0 spiro atoms. The van der Waals surface area contributed by atoms with Crippen molar-refractivity contribution < 1.29 is 14.4 Å². The van der Waals surface area contributed by atoms with Crippen LogP contribution in [0, 0.1) is 0 Å². The maximum Gasteiger partial charge on any atom is 0.260 e. The lowest BCUT2D eigenvalue weighted by Gasteiger charge is -2.28. The summed E-state index contributed by atoms with van der Waals surface area (Å²) < 4.78 is 5.30. The van der Waals surface area contributed by atoms with Crippen LogP contribution in [0.3, 0.4) is 0 Å². The van der Waals surface area contributed by atoms with Crippen molar-refractivity contribution in [2.24, 2.45) is 0 Å². The Morgan fingerprint density at radius 2 is 2.20 bits per heavy atom. The molecule has 5 nitrogen and oxygen atoms in total. The molecule has 0 aromatic heterocycles. The molecule has 0 saturated carbocycles. The molecule has 15 heavy (non-hydrogen) atoms. The molecule has 2 N–H and O–H groups in total. The largest absolute Gasteiger partial charge is 0.350 e. The fourth-order valence-corrected chi connectivity index (χ4v) is 1.51. The molecule has 0 bridgehead atoms. The topological polar surface area (TPSA) is 59.6 Å². The molecule has 6 heteroatoms. The van der Waals surface area contributed by atoms with E-state index in [9.17, 15) is 4.79 Å². The van der Waals surface area contributed by atoms with Gasteiger partial charge in [0, 0.05) is 13.0 Å². The van der Waals surface area contributed by atoms with Gasteiger partial charge in [0.15, 0.2) is 6.29 Å². The SMILES string of the molecule is Cl.O=C(NOC1CCCCO1)[C@H]1CCN1. The van der Waals surface area contributed by atoms with Crippen LogP contribution in [0.4, 0.5) is 0 Å². The van der Waals surface area contributed by atoms with E-state index < -0.39 is 0 Å². The number of ether oxygens (including phenoxy) is 1. The minimum Gasteiger partial charge on any atom is -0.350 e. The predicted molar refractivity (Wildman–Crippen MR) is 56.5 cm³/mol. The molecule has 88 valence electrons. The van der Waals surface area contributed by atoms with Crippen molar-refractivity contribution in [3.05, 3.63) is 0 Å². The third kappa shape index (κ3) is 3.61. The molecule has 1 amide bonds. The minimum atomic E-state index is -0.257. The van der Waals surface area contributed by atoms with E-state index in [2.05, 4.69) is 10.8 Å². The van der Waals surface area contributed by atoms with Gasteiger partial charge in [-0.15, -0.1) is 12.4 Å². The summed E-state index contributed by atoms with van der Waals surface area (Å²) in [7, 11) is 0. The second-order valence-electron chi connectivity index (χ2n) is 3.68. The number of halogens is 1. The maximum atomic E-state index is 11.3. The summed E-state index contributed by atoms with van der Waals surface area (Å²) in [5.74, 6) is -0.0922. The van der Waals surface area contributed by atoms with Crippen LogP contribution >= 0.6 is 12.4 Å². The summed E-state index contributed by atoms with van der Waals surface area (Å²) in [5, 5.41) is 3.00. The van der Waals surface area contributed by atoms with Gasteiger partial charge in [-0.3, -0.25) is 4.79 Å². The van der Waals surface area contributed by atoms with E-state index in [1.807, 2.05) is 0 Å². The lowest BCUT2D eigenvalue weighted by atomic mass is 10.1. The zero-order valence-electron chi connectivity index (χ0n) is 8.53. The standard InChI is InChI=1S/C9H16N2O3.ClH/c12-9(7-4-5-10-7)11-14-8-3-1-2-6-13-8;/h7-8,10H,1-6H2,(H,11,12);1H/t7-,8?;/m1./s1. The third-order valence-electron chi connectivity index (χ3n) is 2.57. The van der Waals surface area contributed by atoms with Crippen molar-refractivity contribution in [3.63, 3.8) is 0 Å². The highest BCUT2D eigenvalue weighted by Gasteiger charge is 2.25. The number of hydroxylamine groups is 1. The molecule has 0 aromatic carbocycles. The summed E-state index contributed by atoms with van der Waals surface area (Å²) in [6, 6.07) is -0.0707. The monoisotopic (exact) mass is 236 g/mol. The lowest BCUT2D eigenvalue weighted by Crippen LogP contribution is -2.53. The molecule has 1 unspecified atom stereocenters. The van der Waals surface area contributed by atoms with Crippen LogP contribution in [0.15, 0.2) is 0 Å². The van der Waals surface area contributed by atoms with Gasteiger partial charge in [0.2, 0.25) is 0 Å². The predicted octanol–water partition coefficient (Wildman–Crippen LogP) is 0.344. The second-order valence-corrected chi connectivity index (χ2v) is 3.68. The first-order valence-corrected chi connectivity index (χ1v) is 5.17. The van der Waals surface area contributed by atoms with Crippen LogP contribution in [-0.2, 0) is 14.4 Å². The Hall–Kier alpha value is -0.360. The van der Waals surface area contributed by atoms with E-state index in [-0.39, 0.29) is 30.6 Å². The van der Waals surface area contributed by atoms with Crippen molar-refractivity contribution >= 4 is 18.3 Å². The van der Waals surface area contributed by atoms with Crippen molar-refractivity contribution in [1.29, 1.82) is 0 Å². The van der Waals surface area contributed by atoms with Crippen molar-refractivity contribution in [3.8, 4) is 0 Å². The van der Waals surface area contributed by atoms with Gasteiger partial charge in [-0.25, -0.2) is 10.3 Å². The molecule has 2 fully saturated rings. The molecule has 2 aliphatic heterocycles. The number of rotatable bonds is 3. The zero-order valence-corrected chi connectivity index (χ0v) is 9.35. The molecule has 0 aliphatic carbocycles. The van der Waals surface area contributed by atoms with Gasteiger partial charge in [-0.2, -0.15) is 0 Å². The first-order valence-electron chi connectivity index (χ1n) is 5.17. The number of nitrogens with one attached hydrogen (secondary N) is 2. The average molecular weight is 237 g/mol. The van der Waals surface area contributed by atoms with Gasteiger partial charge in [-0.1, -0.05) is 0 Å². The summed E-state index contributed by atoms with van der Waals surface area (Å²) in [5.41, 5.74) is 2.43. The Bertz CT molecular complexity index is 206. The second kappa shape index (κ2) is 6.27. The maximum absolute atomic E-state index is 11.3. The normalized spacial score (nSPS) is 29.9. The van der Waals surface area contributed by atoms with Gasteiger partial charge < -0.3 is 10.1 Å². The zero-order chi connectivity index (χ0) is 9.80. The van der Waals surface area contributed by atoms with E-state index in [0.717, 1.165) is 38.8 Å².